The highest BCUT2D eigenvalue weighted by Crippen LogP contribution is 2.39. The molecule has 0 spiro atoms. The standard InChI is InChI=1S/C55H79N3O36/c59-10-21-42-29(68)36(75)51(83-21)91-44-23(12-61)85-53(38(77)31(44)70)93-46-25(14-63)87-55(40(79)33(46)72)94-47-26(15-64)86-54(39(78)32(47)71)92-45-24(13-62)84-52(37(76)30(45)69)90-43-22(11-60)82-50(35(74)28(43)67)88-41-20(81-49(89-42)34(73)27(41)66)9-56-48(80)18-3-1-2-4-19(18)58-57-16-5-7-17(65)8-6-16/h1-8,20-47,49-55,59-79H,9-15H2,(H,56,80)/t20-,21-,22-,23-,24-,25-,26-,27-,28-,29-,30-,31-,32-,33-,34-,35-,36-,37-,38-,39-,40-,41-,42-,43-,44-,45-,46-,47-,49-,50-,51-,52-,53-,54-,55-/m1/s1. The Hall–Kier alpha value is -4.05. The molecule has 0 saturated carbocycles. The largest absolute Gasteiger partial charge is 0.508 e. The third-order valence-corrected chi connectivity index (χ3v) is 17.3. The lowest BCUT2D eigenvalue weighted by Crippen LogP contribution is -2.68. The zero-order valence-corrected chi connectivity index (χ0v) is 49.2. The highest BCUT2D eigenvalue weighted by Gasteiger charge is 2.60. The number of aliphatic hydroxyl groups excluding tert-OH is 20. The fraction of sp³-hybridized carbons (Fsp3) is 0.764. The van der Waals surface area contributed by atoms with Gasteiger partial charge >= 0.3 is 0 Å². The van der Waals surface area contributed by atoms with Crippen LogP contribution in [0.1, 0.15) is 10.4 Å². The SMILES string of the molecule is O=C(NC[C@H]1O[C@@H]2O[C@H]3[C@H](O)[C@@H](O)[C@@H](O[C@H]4[C@H](O)[C@@H](O)[C@@H](O[C@H]5[C@H](O)[C@@H](O)[C@@H](O[C@H]6[C@H](O)[C@@H](O)[C@@H](O[C@H]7[C@H](O)[C@@H](O)[C@@H](O[C@H]8[C@H](O)[C@@H](O)[C@@H](O[C@H]1[C@H](O)[C@H]2O)O[C@@H]8CO)O[C@@H]7CO)O[C@@H]6CO)O[C@@H]5CO)O[C@@H]4CO)O[C@@H]3CO)c1ccccc1N=Nc1ccc(O)cc1. The van der Waals surface area contributed by atoms with Crippen molar-refractivity contribution >= 4 is 17.3 Å². The van der Waals surface area contributed by atoms with E-state index in [9.17, 15) is 112 Å². The second-order valence-electron chi connectivity index (χ2n) is 23.4. The molecule has 21 aliphatic rings. The van der Waals surface area contributed by atoms with Gasteiger partial charge in [0.05, 0.1) is 56.6 Å². The molecule has 0 unspecified atom stereocenters. The van der Waals surface area contributed by atoms with Crippen LogP contribution in [0.25, 0.3) is 0 Å². The van der Waals surface area contributed by atoms with Crippen molar-refractivity contribution in [1.29, 1.82) is 0 Å². The van der Waals surface area contributed by atoms with Crippen molar-refractivity contribution in [3.8, 4) is 5.75 Å². The van der Waals surface area contributed by atoms with Gasteiger partial charge in [0.25, 0.3) is 5.91 Å². The lowest BCUT2D eigenvalue weighted by molar-refractivity contribution is -0.396. The van der Waals surface area contributed by atoms with Crippen LogP contribution >= 0.6 is 0 Å². The summed E-state index contributed by atoms with van der Waals surface area (Å²) >= 11 is 0. The lowest BCUT2D eigenvalue weighted by atomic mass is 9.95. The first kappa shape index (κ1) is 72.7. The number of azo groups is 1. The minimum atomic E-state index is -2.31. The van der Waals surface area contributed by atoms with Crippen LogP contribution in [0.2, 0.25) is 0 Å². The summed E-state index contributed by atoms with van der Waals surface area (Å²) in [7, 11) is 0. The van der Waals surface area contributed by atoms with E-state index in [0.29, 0.717) is 0 Å². The number of rotatable bonds is 11. The monoisotopic (exact) mass is 1360 g/mol. The molecule has 0 aromatic heterocycles. The zero-order valence-electron chi connectivity index (χ0n) is 49.2. The summed E-state index contributed by atoms with van der Waals surface area (Å²) in [5.41, 5.74) is 0.195. The molecule has 21 heterocycles. The van der Waals surface area contributed by atoms with Crippen molar-refractivity contribution in [3.63, 3.8) is 0 Å². The maximum absolute atomic E-state index is 14.1. The number of phenolic OH excluding ortho intramolecular Hbond substituents is 1. The molecule has 2 aromatic rings. The van der Waals surface area contributed by atoms with Crippen LogP contribution < -0.4 is 5.32 Å². The van der Waals surface area contributed by atoms with Crippen molar-refractivity contribution in [2.75, 3.05) is 46.2 Å². The van der Waals surface area contributed by atoms with Crippen molar-refractivity contribution in [2.45, 2.75) is 215 Å². The molecule has 35 atom stereocenters. The van der Waals surface area contributed by atoms with Crippen LogP contribution in [0.3, 0.4) is 0 Å². The van der Waals surface area contributed by atoms with Gasteiger partial charge in [-0.1, -0.05) is 12.1 Å². The summed E-state index contributed by atoms with van der Waals surface area (Å²) in [6, 6.07) is 11.4. The van der Waals surface area contributed by atoms with Crippen molar-refractivity contribution in [2.24, 2.45) is 10.2 Å². The summed E-state index contributed by atoms with van der Waals surface area (Å²) in [5.74, 6) is -0.936. The van der Waals surface area contributed by atoms with Crippen molar-refractivity contribution in [1.82, 2.24) is 5.32 Å². The molecule has 39 heteroatoms. The summed E-state index contributed by atoms with van der Waals surface area (Å²) in [6.07, 6.45) is -72.3. The molecule has 23 rings (SSSR count). The molecule has 94 heavy (non-hydrogen) atoms. The summed E-state index contributed by atoms with van der Waals surface area (Å²) in [4.78, 5) is 14.1. The number of hydrogen-bond donors (Lipinski definition) is 22. The number of nitrogens with one attached hydrogen (secondary N) is 1. The van der Waals surface area contributed by atoms with Gasteiger partial charge in [0.2, 0.25) is 0 Å². The smallest absolute Gasteiger partial charge is 0.253 e. The Morgan fingerprint density at radius 2 is 0.564 bits per heavy atom. The van der Waals surface area contributed by atoms with E-state index in [-0.39, 0.29) is 22.7 Å². The van der Waals surface area contributed by atoms with E-state index in [1.165, 1.54) is 48.5 Å². The van der Waals surface area contributed by atoms with Crippen LogP contribution in [0.5, 0.6) is 5.75 Å². The first-order chi connectivity index (χ1) is 44.9. The lowest BCUT2D eigenvalue weighted by Gasteiger charge is -2.50. The van der Waals surface area contributed by atoms with Gasteiger partial charge in [-0.25, -0.2) is 0 Å². The van der Waals surface area contributed by atoms with E-state index in [4.69, 9.17) is 66.3 Å². The van der Waals surface area contributed by atoms with E-state index in [1.54, 1.807) is 0 Å². The molecular weight excluding hydrogens is 1280 g/mol. The summed E-state index contributed by atoms with van der Waals surface area (Å²) in [5, 5.41) is 245. The molecule has 21 saturated heterocycles. The van der Waals surface area contributed by atoms with Gasteiger partial charge in [0.1, 0.15) is 177 Å². The minimum absolute atomic E-state index is 0.0132. The van der Waals surface area contributed by atoms with Gasteiger partial charge in [-0.15, -0.1) is 5.11 Å². The fourth-order valence-electron chi connectivity index (χ4n) is 12.1. The molecule has 14 bridgehead atoms. The molecule has 2 aromatic carbocycles. The van der Waals surface area contributed by atoms with E-state index in [1.807, 2.05) is 0 Å². The second kappa shape index (κ2) is 31.4. The van der Waals surface area contributed by atoms with Crippen molar-refractivity contribution < 1.29 is 178 Å². The Morgan fingerprint density at radius 3 is 0.830 bits per heavy atom. The van der Waals surface area contributed by atoms with Crippen LogP contribution in [0.4, 0.5) is 11.4 Å². The molecule has 1 amide bonds. The first-order valence-electron chi connectivity index (χ1n) is 29.9. The van der Waals surface area contributed by atoms with Gasteiger partial charge in [-0.05, 0) is 36.4 Å². The highest BCUT2D eigenvalue weighted by molar-refractivity contribution is 5.98. The number of nitrogens with zero attached hydrogens (tertiary/aromatic N) is 2. The van der Waals surface area contributed by atoms with Gasteiger partial charge in [-0.3, -0.25) is 4.79 Å². The van der Waals surface area contributed by atoms with Crippen LogP contribution in [-0.2, 0) is 66.3 Å². The minimum Gasteiger partial charge on any atom is -0.508 e. The third kappa shape index (κ3) is 14.9. The summed E-state index contributed by atoms with van der Waals surface area (Å²) in [6.45, 7) is -7.24. The highest BCUT2D eigenvalue weighted by atomic mass is 16.8. The number of phenols is 1. The molecule has 0 aliphatic carbocycles. The number of carbonyl (C=O) groups is 1. The Labute approximate surface area is 531 Å². The second-order valence-corrected chi connectivity index (χ2v) is 23.4. The fourth-order valence-corrected chi connectivity index (χ4v) is 12.1. The molecule has 39 nitrogen and oxygen atoms in total. The zero-order chi connectivity index (χ0) is 67.7. The number of benzene rings is 2. The van der Waals surface area contributed by atoms with Gasteiger partial charge < -0.3 is 179 Å². The maximum atomic E-state index is 14.1. The van der Waals surface area contributed by atoms with Crippen LogP contribution in [0, 0.1) is 0 Å². The quantitative estimate of drug-likeness (QED) is 0.0929. The van der Waals surface area contributed by atoms with Gasteiger partial charge in [-0.2, -0.15) is 5.11 Å². The van der Waals surface area contributed by atoms with E-state index >= 15 is 0 Å². The molecule has 530 valence electrons. The van der Waals surface area contributed by atoms with E-state index in [2.05, 4.69) is 15.5 Å². The molecular formula is C55H79N3O36. The Kier molecular flexibility index (Phi) is 24.3. The Morgan fingerprint density at radius 1 is 0.319 bits per heavy atom. The number of aliphatic hydroxyl groups is 20. The summed E-state index contributed by atoms with van der Waals surface area (Å²) < 4.78 is 81.4. The Balaban J connectivity index is 0.950. The normalized spacial score (nSPS) is 47.4. The van der Waals surface area contributed by atoms with Crippen LogP contribution in [-0.4, -0.2) is 374 Å². The number of ether oxygens (including phenoxy) is 14. The molecule has 21 aliphatic heterocycles. The first-order valence-corrected chi connectivity index (χ1v) is 29.9. The van der Waals surface area contributed by atoms with Crippen LogP contribution in [0.15, 0.2) is 58.8 Å². The van der Waals surface area contributed by atoms with E-state index in [0.717, 1.165) is 0 Å². The topological polar surface area (TPSA) is 608 Å². The molecule has 21 fully saturated rings. The number of amides is 1. The third-order valence-electron chi connectivity index (χ3n) is 17.3. The molecule has 22 N–H and O–H groups in total. The predicted molar refractivity (Wildman–Crippen MR) is 292 cm³/mol. The van der Waals surface area contributed by atoms with Gasteiger partial charge in [0, 0.05) is 6.54 Å². The molecule has 0 radical (unpaired) electrons. The van der Waals surface area contributed by atoms with Crippen molar-refractivity contribution in [3.05, 3.63) is 54.1 Å². The number of hydrogen-bond acceptors (Lipinski definition) is 38. The maximum Gasteiger partial charge on any atom is 0.253 e. The average molecular weight is 1360 g/mol. The Bertz CT molecular complexity index is 2760. The average Bonchev–Trinajstić information content (AvgIpc) is 0.781. The number of aromatic hydroxyl groups is 1. The predicted octanol–water partition coefficient (Wildman–Crippen LogP) is -11.7. The number of carbonyl (C=O) groups excluding carboxylic acids is 1. The van der Waals surface area contributed by atoms with Gasteiger partial charge in [0.15, 0.2) is 44.0 Å². The van der Waals surface area contributed by atoms with E-state index < -0.39 is 267 Å².